The van der Waals surface area contributed by atoms with Gasteiger partial charge in [-0.05, 0) is 29.8 Å². The van der Waals surface area contributed by atoms with Gasteiger partial charge in [0.05, 0.1) is 6.20 Å². The van der Waals surface area contributed by atoms with Gasteiger partial charge in [0.2, 0.25) is 0 Å². The van der Waals surface area contributed by atoms with Crippen LogP contribution in [0.3, 0.4) is 0 Å². The Kier molecular flexibility index (Phi) is 4.08. The smallest absolute Gasteiger partial charge is 0.328 e. The zero-order chi connectivity index (χ0) is 15.5. The van der Waals surface area contributed by atoms with Gasteiger partial charge in [-0.15, -0.1) is 0 Å². The van der Waals surface area contributed by atoms with Crippen molar-refractivity contribution in [3.05, 3.63) is 48.2 Å². The lowest BCUT2D eigenvalue weighted by Gasteiger charge is -2.08. The highest BCUT2D eigenvalue weighted by molar-refractivity contribution is 7.92. The van der Waals surface area contributed by atoms with Crippen molar-refractivity contribution >= 4 is 27.8 Å². The first-order valence-corrected chi connectivity index (χ1v) is 7.39. The standard InChI is InChI=1S/C13H13N3O4S/c1-16-12(8-9-14-16)21(19,20)15-11-5-2-10(3-6-11)4-7-13(17)18/h2-9,15H,1H3,(H,17,18)/b7-4+. The minimum atomic E-state index is -3.70. The molecule has 0 radical (unpaired) electrons. The van der Waals surface area contributed by atoms with Gasteiger partial charge in [-0.25, -0.2) is 4.79 Å². The maximum absolute atomic E-state index is 12.1. The molecule has 0 bridgehead atoms. The predicted octanol–water partition coefficient (Wildman–Crippen LogP) is 1.32. The van der Waals surface area contributed by atoms with Gasteiger partial charge >= 0.3 is 5.97 Å². The Morgan fingerprint density at radius 1 is 1.29 bits per heavy atom. The van der Waals surface area contributed by atoms with Crippen LogP contribution in [0.25, 0.3) is 6.08 Å². The highest BCUT2D eigenvalue weighted by Crippen LogP contribution is 2.16. The second-order valence-corrected chi connectivity index (χ2v) is 5.82. The molecule has 0 spiro atoms. The zero-order valence-electron chi connectivity index (χ0n) is 11.1. The van der Waals surface area contributed by atoms with Gasteiger partial charge in [-0.1, -0.05) is 12.1 Å². The van der Waals surface area contributed by atoms with Gasteiger partial charge in [0.15, 0.2) is 5.03 Å². The molecule has 0 saturated carbocycles. The number of carboxylic acid groups (broad SMARTS) is 1. The first kappa shape index (κ1) is 14.8. The molecular formula is C13H13N3O4S. The Labute approximate surface area is 121 Å². The molecule has 0 saturated heterocycles. The van der Waals surface area contributed by atoms with Gasteiger partial charge in [0, 0.05) is 18.8 Å². The van der Waals surface area contributed by atoms with E-state index < -0.39 is 16.0 Å². The molecule has 8 heteroatoms. The van der Waals surface area contributed by atoms with Crippen molar-refractivity contribution in [3.8, 4) is 0 Å². The summed E-state index contributed by atoms with van der Waals surface area (Å²) in [6, 6.07) is 7.72. The lowest BCUT2D eigenvalue weighted by Crippen LogP contribution is -2.16. The first-order chi connectivity index (χ1) is 9.88. The number of hydrogen-bond donors (Lipinski definition) is 2. The Hall–Kier alpha value is -2.61. The third-order valence-corrected chi connectivity index (χ3v) is 4.09. The maximum atomic E-state index is 12.1. The van der Waals surface area contributed by atoms with Crippen molar-refractivity contribution in [3.63, 3.8) is 0 Å². The highest BCUT2D eigenvalue weighted by atomic mass is 32.2. The predicted molar refractivity (Wildman–Crippen MR) is 77.1 cm³/mol. The molecule has 0 unspecified atom stereocenters. The Balaban J connectivity index is 2.17. The number of aryl methyl sites for hydroxylation is 1. The second kappa shape index (κ2) is 5.80. The third-order valence-electron chi connectivity index (χ3n) is 2.63. The average molecular weight is 307 g/mol. The molecule has 21 heavy (non-hydrogen) atoms. The largest absolute Gasteiger partial charge is 0.478 e. The zero-order valence-corrected chi connectivity index (χ0v) is 11.9. The summed E-state index contributed by atoms with van der Waals surface area (Å²) in [5, 5.41) is 12.4. The van der Waals surface area contributed by atoms with Gasteiger partial charge in [-0.3, -0.25) is 9.40 Å². The van der Waals surface area contributed by atoms with Crippen LogP contribution in [0, 0.1) is 0 Å². The SMILES string of the molecule is Cn1nccc1S(=O)(=O)Nc1ccc(/C=C/C(=O)O)cc1. The summed E-state index contributed by atoms with van der Waals surface area (Å²) in [4.78, 5) is 10.4. The third kappa shape index (κ3) is 3.69. The summed E-state index contributed by atoms with van der Waals surface area (Å²) >= 11 is 0. The number of nitrogens with zero attached hydrogens (tertiary/aromatic N) is 2. The number of nitrogens with one attached hydrogen (secondary N) is 1. The van der Waals surface area contributed by atoms with Crippen LogP contribution in [-0.2, 0) is 21.9 Å². The lowest BCUT2D eigenvalue weighted by molar-refractivity contribution is -0.131. The van der Waals surface area contributed by atoms with E-state index in [0.29, 0.717) is 11.3 Å². The molecule has 2 N–H and O–H groups in total. The minimum absolute atomic E-state index is 0.0531. The fourth-order valence-corrected chi connectivity index (χ4v) is 2.85. The Morgan fingerprint density at radius 2 is 1.95 bits per heavy atom. The van der Waals surface area contributed by atoms with E-state index in [1.54, 1.807) is 24.3 Å². The molecule has 2 aromatic rings. The topological polar surface area (TPSA) is 101 Å². The van der Waals surface area contributed by atoms with Crippen molar-refractivity contribution in [2.24, 2.45) is 7.05 Å². The van der Waals surface area contributed by atoms with E-state index >= 15 is 0 Å². The van der Waals surface area contributed by atoms with Crippen LogP contribution < -0.4 is 4.72 Å². The number of aromatic nitrogens is 2. The van der Waals surface area contributed by atoms with E-state index in [4.69, 9.17) is 5.11 Å². The first-order valence-electron chi connectivity index (χ1n) is 5.90. The van der Waals surface area contributed by atoms with Gasteiger partial charge in [0.1, 0.15) is 0 Å². The molecule has 0 aliphatic rings. The van der Waals surface area contributed by atoms with E-state index in [1.165, 1.54) is 30.1 Å². The number of hydrogen-bond acceptors (Lipinski definition) is 4. The fraction of sp³-hybridized carbons (Fsp3) is 0.0769. The van der Waals surface area contributed by atoms with Crippen LogP contribution in [0.15, 0.2) is 47.6 Å². The van der Waals surface area contributed by atoms with Crippen LogP contribution in [0.2, 0.25) is 0 Å². The number of sulfonamides is 1. The van der Waals surface area contributed by atoms with Crippen molar-refractivity contribution in [2.45, 2.75) is 5.03 Å². The quantitative estimate of drug-likeness (QED) is 0.811. The second-order valence-electron chi connectivity index (χ2n) is 4.19. The van der Waals surface area contributed by atoms with E-state index in [2.05, 4.69) is 9.82 Å². The van der Waals surface area contributed by atoms with E-state index in [0.717, 1.165) is 6.08 Å². The number of carboxylic acids is 1. The maximum Gasteiger partial charge on any atom is 0.328 e. The average Bonchev–Trinajstić information content (AvgIpc) is 2.84. The van der Waals surface area contributed by atoms with Crippen LogP contribution in [0.4, 0.5) is 5.69 Å². The summed E-state index contributed by atoms with van der Waals surface area (Å²) in [5.41, 5.74) is 1.03. The van der Waals surface area contributed by atoms with E-state index in [1.807, 2.05) is 0 Å². The van der Waals surface area contributed by atoms with Gasteiger partial charge < -0.3 is 5.11 Å². The number of aliphatic carboxylic acids is 1. The molecular weight excluding hydrogens is 294 g/mol. The summed E-state index contributed by atoms with van der Waals surface area (Å²) < 4.78 is 27.9. The van der Waals surface area contributed by atoms with Crippen LogP contribution in [0.5, 0.6) is 0 Å². The molecule has 0 aliphatic carbocycles. The van der Waals surface area contributed by atoms with Crippen molar-refractivity contribution in [1.82, 2.24) is 9.78 Å². The lowest BCUT2D eigenvalue weighted by atomic mass is 10.2. The van der Waals surface area contributed by atoms with Crippen LogP contribution in [-0.4, -0.2) is 29.3 Å². The van der Waals surface area contributed by atoms with Crippen LogP contribution >= 0.6 is 0 Å². The molecule has 1 aromatic carbocycles. The molecule has 2 rings (SSSR count). The number of anilines is 1. The van der Waals surface area contributed by atoms with Crippen LogP contribution in [0.1, 0.15) is 5.56 Å². The van der Waals surface area contributed by atoms with E-state index in [9.17, 15) is 13.2 Å². The number of rotatable bonds is 5. The minimum Gasteiger partial charge on any atom is -0.478 e. The summed E-state index contributed by atoms with van der Waals surface area (Å²) in [6.07, 6.45) is 3.82. The molecule has 1 heterocycles. The molecule has 0 amide bonds. The molecule has 0 aliphatic heterocycles. The van der Waals surface area contributed by atoms with Gasteiger partial charge in [0.25, 0.3) is 10.0 Å². The Bertz CT molecular complexity index is 776. The normalized spacial score (nSPS) is 11.7. The Morgan fingerprint density at radius 3 is 2.48 bits per heavy atom. The molecule has 0 fully saturated rings. The number of benzene rings is 1. The number of carbonyl (C=O) groups is 1. The fourth-order valence-electron chi connectivity index (χ4n) is 1.66. The molecule has 7 nitrogen and oxygen atoms in total. The highest BCUT2D eigenvalue weighted by Gasteiger charge is 2.17. The van der Waals surface area contributed by atoms with E-state index in [-0.39, 0.29) is 5.03 Å². The summed E-state index contributed by atoms with van der Waals surface area (Å²) in [6.45, 7) is 0. The summed E-state index contributed by atoms with van der Waals surface area (Å²) in [5.74, 6) is -1.05. The summed E-state index contributed by atoms with van der Waals surface area (Å²) in [7, 11) is -2.16. The van der Waals surface area contributed by atoms with Crippen molar-refractivity contribution in [2.75, 3.05) is 4.72 Å². The molecule has 110 valence electrons. The van der Waals surface area contributed by atoms with Crippen molar-refractivity contribution in [1.29, 1.82) is 0 Å². The van der Waals surface area contributed by atoms with Crippen molar-refractivity contribution < 1.29 is 18.3 Å². The monoisotopic (exact) mass is 307 g/mol. The van der Waals surface area contributed by atoms with Gasteiger partial charge in [-0.2, -0.15) is 13.5 Å². The molecule has 1 aromatic heterocycles. The molecule has 0 atom stereocenters.